The first kappa shape index (κ1) is 122. The Balaban J connectivity index is 0.000000161. The van der Waals surface area contributed by atoms with Crippen LogP contribution in [0.1, 0.15) is 524 Å². The average molecular weight is 2030 g/mol. The molecule has 145 heavy (non-hydrogen) atoms. The molecule has 0 aromatic carbocycles. The van der Waals surface area contributed by atoms with E-state index >= 15 is 0 Å². The van der Waals surface area contributed by atoms with Crippen molar-refractivity contribution in [2.75, 3.05) is 6.61 Å². The van der Waals surface area contributed by atoms with Gasteiger partial charge in [-0.2, -0.15) is 0 Å². The second kappa shape index (κ2) is 47.5. The Bertz CT molecular complexity index is 4770. The van der Waals surface area contributed by atoms with Crippen LogP contribution in [0.15, 0.2) is 178 Å². The van der Waals surface area contributed by atoms with Gasteiger partial charge in [0.15, 0.2) is 0 Å². The Morgan fingerprint density at radius 1 is 0.441 bits per heavy atom. The standard InChI is InChI=1S/C20H36OP2.2C20H34O.4C20H32/c1-15(11-14-21-23-22)7-9-17-16(2)8-10-18-19(3,4)12-6-13-20(17,18)5;2*1-7-19(5,21)14-11-16-15(2)9-10-17-18(3,4)12-8-13-20(16,17)6;1-14(2)15-7-9-17-16(13-15)8-10-18-19(3,4)11-6-12-20(17,18)5;2*1-6-19(4)13-10-16-15(14-19)8-9-17-18(2,3)11-7-12-20(16,17)5;1-7-15(2)9-11-17-16(3)10-12-18-19(4,5)13-8-14-20(17,18)6/h11,18,23H,6-10,12-14,22H2,1-5H3;7,17,21H,1,8-14H2,2-6H3;7,9,16-17,21H,1,8,10-14H2,2-6H3;13-14,18H,6-12H2,1-5H3;6,14,16-17H,1,7-13H2,2-5H3;6,8,16-17H,1,7,9-14H2,2-5H3;7,9-10,17-18H,1,8,11-14H2,2-6H3/b15-11+;;;;;;15-9+/t18?,20-;17?,19?,20-;16-,17?,19?,20+;18?,20-;2*16-,17?,19-,20+;17-,18?,20+/m0001000/s1. The van der Waals surface area contributed by atoms with E-state index in [1.165, 1.54) is 281 Å². The Hall–Kier alpha value is -3.16. The average Bonchev–Trinajstić information content (AvgIpc) is 0.729. The summed E-state index contributed by atoms with van der Waals surface area (Å²) in [6, 6.07) is 0. The van der Waals surface area contributed by atoms with Crippen LogP contribution in [-0.2, 0) is 4.52 Å². The first-order valence-electron chi connectivity index (χ1n) is 60.9. The summed E-state index contributed by atoms with van der Waals surface area (Å²) in [5.74, 6) is 9.80. The fourth-order valence-corrected chi connectivity index (χ4v) is 38.8. The predicted molar refractivity (Wildman–Crippen MR) is 643 cm³/mol. The number of fused-ring (bicyclic) bond motifs is 12. The molecule has 11 unspecified atom stereocenters. The lowest BCUT2D eigenvalue weighted by Crippen LogP contribution is -2.50. The van der Waals surface area contributed by atoms with Gasteiger partial charge in [0.05, 0.1) is 17.8 Å². The molecule has 0 aromatic rings. The van der Waals surface area contributed by atoms with Gasteiger partial charge in [0.25, 0.3) is 0 Å². The van der Waals surface area contributed by atoms with Gasteiger partial charge in [0.2, 0.25) is 0 Å². The van der Waals surface area contributed by atoms with Crippen molar-refractivity contribution in [1.29, 1.82) is 0 Å². The third kappa shape index (κ3) is 26.9. The second-order valence-corrected chi connectivity index (χ2v) is 62.0. The third-order valence-corrected chi connectivity index (χ3v) is 48.2. The first-order valence-corrected chi connectivity index (χ1v) is 63.6. The Morgan fingerprint density at radius 2 is 0.855 bits per heavy atom. The van der Waals surface area contributed by atoms with E-state index in [1.54, 1.807) is 67.9 Å². The Kier molecular flexibility index (Phi) is 40.0. The molecule has 5 heteroatoms. The van der Waals surface area contributed by atoms with E-state index in [2.05, 4.69) is 311 Å². The lowest BCUT2D eigenvalue weighted by molar-refractivity contribution is -0.0587. The smallest absolute Gasteiger partial charge is 0.0800 e. The Labute approximate surface area is 903 Å². The molecule has 820 valence electrons. The largest absolute Gasteiger partial charge is 0.386 e. The van der Waals surface area contributed by atoms with Crippen molar-refractivity contribution in [1.82, 2.24) is 0 Å². The highest BCUT2D eigenvalue weighted by Crippen LogP contribution is 2.71. The molecular formula is C140H232O3P2. The molecule has 0 saturated heterocycles. The van der Waals surface area contributed by atoms with E-state index in [0.29, 0.717) is 95.6 Å². The van der Waals surface area contributed by atoms with Crippen LogP contribution in [0.3, 0.4) is 0 Å². The van der Waals surface area contributed by atoms with E-state index in [0.717, 1.165) is 97.4 Å². The maximum Gasteiger partial charge on any atom is 0.0800 e. The van der Waals surface area contributed by atoms with E-state index in [9.17, 15) is 10.2 Å². The summed E-state index contributed by atoms with van der Waals surface area (Å²) in [4.78, 5) is 0. The molecule has 17 aliphatic rings. The minimum absolute atomic E-state index is 0.263. The molecule has 0 spiro atoms. The number of hydrogen-bond donors (Lipinski definition) is 2. The zero-order valence-electron chi connectivity index (χ0n) is 102. The minimum atomic E-state index is -0.735. The summed E-state index contributed by atoms with van der Waals surface area (Å²) in [6.07, 6.45) is 88.0. The minimum Gasteiger partial charge on any atom is -0.386 e. The summed E-state index contributed by atoms with van der Waals surface area (Å²) >= 11 is 0. The summed E-state index contributed by atoms with van der Waals surface area (Å²) < 4.78 is 5.45. The summed E-state index contributed by atoms with van der Waals surface area (Å²) in [5.41, 5.74) is 27.5. The van der Waals surface area contributed by atoms with Crippen LogP contribution in [0.5, 0.6) is 0 Å². The molecule has 9 fully saturated rings. The predicted octanol–water partition coefficient (Wildman–Crippen LogP) is 43.1. The van der Waals surface area contributed by atoms with E-state index in [1.807, 2.05) is 25.5 Å². The first-order chi connectivity index (χ1) is 67.3. The number of aliphatic hydroxyl groups is 2. The van der Waals surface area contributed by atoms with Gasteiger partial charge in [-0.15, -0.1) is 26.3 Å². The highest BCUT2D eigenvalue weighted by molar-refractivity contribution is 8.00. The molecule has 0 amide bonds. The van der Waals surface area contributed by atoms with E-state index in [4.69, 9.17) is 4.52 Å². The van der Waals surface area contributed by atoms with Gasteiger partial charge in [-0.05, 0) is 464 Å². The molecule has 24 atom stereocenters. The normalized spacial score (nSPS) is 38.7. The van der Waals surface area contributed by atoms with Crippen LogP contribution in [0.2, 0.25) is 0 Å². The summed E-state index contributed by atoms with van der Waals surface area (Å²) in [7, 11) is 3.15. The summed E-state index contributed by atoms with van der Waals surface area (Å²) in [6.45, 7) is 100. The molecule has 0 radical (unpaired) electrons. The lowest BCUT2D eigenvalue weighted by Gasteiger charge is -2.59. The zero-order valence-corrected chi connectivity index (χ0v) is 104. The van der Waals surface area contributed by atoms with Crippen molar-refractivity contribution in [3.8, 4) is 0 Å². The van der Waals surface area contributed by atoms with Crippen molar-refractivity contribution in [3.63, 3.8) is 0 Å². The molecule has 0 aliphatic heterocycles. The summed E-state index contributed by atoms with van der Waals surface area (Å²) in [5, 5.41) is 20.6. The van der Waals surface area contributed by atoms with E-state index < -0.39 is 11.2 Å². The van der Waals surface area contributed by atoms with Gasteiger partial charge < -0.3 is 14.7 Å². The van der Waals surface area contributed by atoms with Crippen molar-refractivity contribution < 1.29 is 14.7 Å². The molecule has 17 rings (SSSR count). The SMILES string of the molecule is C=C/C(C)=C/C[C@H]1C(C)=CCC2C(C)(C)CCC[C@@]21C.C=CC(C)(O)CCC1=C(C)CCC2C(C)(C)CCC[C@@]12C.C=CC(C)(O)CC[C@H]1C(C)=CCC2C(C)(C)CCC[C@@]21C.C=C[C@@]1(C)CC[C@H]2C(=CCC3C(C)(C)CCC[C@@]32C)C1.C=C[C@]1(C)C=C2CCC3C(C)(C)CCC[C@]3(C)[C@H]2CC1.CC(C)C1=CC2=C(CC1)[C@@]1(C)CCCC(C)(C)C1CC2.CC1=C(CC/C(C)=C/COPP)[C@]2(C)CCCC(C)(C)C2CC1. The van der Waals surface area contributed by atoms with Crippen molar-refractivity contribution >= 4 is 17.4 Å². The van der Waals surface area contributed by atoms with Crippen LogP contribution in [0, 0.1) is 158 Å². The lowest BCUT2D eigenvalue weighted by atomic mass is 9.45. The third-order valence-electron chi connectivity index (χ3n) is 47.4. The second-order valence-electron chi connectivity index (χ2n) is 60.8. The van der Waals surface area contributed by atoms with Gasteiger partial charge >= 0.3 is 0 Å². The molecule has 0 aromatic heterocycles. The van der Waals surface area contributed by atoms with Crippen LogP contribution >= 0.6 is 17.4 Å². The van der Waals surface area contributed by atoms with Crippen LogP contribution < -0.4 is 0 Å². The van der Waals surface area contributed by atoms with Gasteiger partial charge in [-0.1, -0.05) is 373 Å². The highest BCUT2D eigenvalue weighted by Gasteiger charge is 2.60. The molecule has 0 heterocycles. The molecule has 2 N–H and O–H groups in total. The van der Waals surface area contributed by atoms with Crippen LogP contribution in [-0.4, -0.2) is 28.0 Å². The maximum absolute atomic E-state index is 10.3. The zero-order chi connectivity index (χ0) is 108. The van der Waals surface area contributed by atoms with Crippen molar-refractivity contribution in [2.24, 2.45) is 158 Å². The molecule has 17 aliphatic carbocycles. The molecular weight excluding hydrogens is 1790 g/mol. The number of rotatable bonds is 20. The van der Waals surface area contributed by atoms with Gasteiger partial charge in [0, 0.05) is 13.9 Å². The fraction of sp³-hybridized carbons (Fsp3) is 0.786. The number of hydrogen-bond acceptors (Lipinski definition) is 3. The van der Waals surface area contributed by atoms with Gasteiger partial charge in [-0.25, -0.2) is 0 Å². The highest BCUT2D eigenvalue weighted by atomic mass is 32.0. The van der Waals surface area contributed by atoms with Crippen LogP contribution in [0.4, 0.5) is 0 Å². The fourth-order valence-electron chi connectivity index (χ4n) is 38.3. The van der Waals surface area contributed by atoms with Crippen LogP contribution in [0.25, 0.3) is 0 Å². The van der Waals surface area contributed by atoms with Gasteiger partial charge in [-0.3, -0.25) is 0 Å². The van der Waals surface area contributed by atoms with Gasteiger partial charge in [0.1, 0.15) is 0 Å². The molecule has 0 bridgehead atoms. The quantitative estimate of drug-likeness (QED) is 0.0553. The van der Waals surface area contributed by atoms with E-state index in [-0.39, 0.29) is 5.41 Å². The van der Waals surface area contributed by atoms with Crippen molar-refractivity contribution in [3.05, 3.63) is 178 Å². The molecule has 9 saturated carbocycles. The maximum atomic E-state index is 10.3. The van der Waals surface area contributed by atoms with Crippen molar-refractivity contribution in [2.45, 2.75) is 535 Å². The Morgan fingerprint density at radius 3 is 1.34 bits per heavy atom. The number of allylic oxidation sites excluding steroid dienone is 22. The monoisotopic (exact) mass is 2020 g/mol. The topological polar surface area (TPSA) is 49.7 Å². The molecule has 3 nitrogen and oxygen atoms in total.